The van der Waals surface area contributed by atoms with E-state index >= 15 is 0 Å². The summed E-state index contributed by atoms with van der Waals surface area (Å²) in [6.45, 7) is 4.11. The smallest absolute Gasteiger partial charge is 0.0700 e. The number of ether oxygens (including phenoxy) is 2. The van der Waals surface area contributed by atoms with Crippen LogP contribution in [0.4, 0.5) is 0 Å². The van der Waals surface area contributed by atoms with Gasteiger partial charge >= 0.3 is 0 Å². The molecule has 0 spiro atoms. The second kappa shape index (κ2) is 8.23. The molecule has 96 valence electrons. The maximum atomic E-state index is 9.37. The summed E-state index contributed by atoms with van der Waals surface area (Å²) in [5.41, 5.74) is 2.41. The molecule has 1 rings (SSSR count). The third-order valence-electron chi connectivity index (χ3n) is 2.81. The Morgan fingerprint density at radius 1 is 1.12 bits per heavy atom. The van der Waals surface area contributed by atoms with Crippen molar-refractivity contribution in [1.82, 2.24) is 0 Å². The van der Waals surface area contributed by atoms with Gasteiger partial charge in [-0.1, -0.05) is 29.8 Å². The molecule has 1 unspecified atom stereocenters. The molecule has 1 N–H and O–H groups in total. The third kappa shape index (κ3) is 5.31. The molecule has 0 saturated carbocycles. The van der Waals surface area contributed by atoms with Gasteiger partial charge in [0.1, 0.15) is 0 Å². The first kappa shape index (κ1) is 14.2. The van der Waals surface area contributed by atoms with Crippen molar-refractivity contribution in [2.24, 2.45) is 0 Å². The minimum absolute atomic E-state index is 0.163. The summed E-state index contributed by atoms with van der Waals surface area (Å²) >= 11 is 0. The molecule has 1 aromatic rings. The van der Waals surface area contributed by atoms with Crippen molar-refractivity contribution in [2.75, 3.05) is 33.5 Å². The molecule has 0 aliphatic carbocycles. The standard InChI is InChI=1S/C14H22O3/c1-12-3-5-13(6-4-12)14(11-15)7-8-17-10-9-16-2/h3-6,14-15H,7-11H2,1-2H3. The van der Waals surface area contributed by atoms with Gasteiger partial charge in [-0.25, -0.2) is 0 Å². The van der Waals surface area contributed by atoms with E-state index < -0.39 is 0 Å². The Morgan fingerprint density at radius 2 is 1.82 bits per heavy atom. The largest absolute Gasteiger partial charge is 0.396 e. The van der Waals surface area contributed by atoms with Gasteiger partial charge in [0.05, 0.1) is 19.8 Å². The van der Waals surface area contributed by atoms with Crippen LogP contribution >= 0.6 is 0 Å². The van der Waals surface area contributed by atoms with Gasteiger partial charge in [0.2, 0.25) is 0 Å². The summed E-state index contributed by atoms with van der Waals surface area (Å²) in [5, 5.41) is 9.37. The number of aryl methyl sites for hydroxylation is 1. The number of methoxy groups -OCH3 is 1. The zero-order valence-electron chi connectivity index (χ0n) is 10.7. The normalized spacial score (nSPS) is 12.6. The zero-order valence-corrected chi connectivity index (χ0v) is 10.7. The second-order valence-electron chi connectivity index (χ2n) is 4.18. The summed E-state index contributed by atoms with van der Waals surface area (Å²) in [4.78, 5) is 0. The quantitative estimate of drug-likeness (QED) is 0.705. The van der Waals surface area contributed by atoms with Crippen molar-refractivity contribution in [3.63, 3.8) is 0 Å². The van der Waals surface area contributed by atoms with Gasteiger partial charge < -0.3 is 14.6 Å². The van der Waals surface area contributed by atoms with Crippen molar-refractivity contribution in [1.29, 1.82) is 0 Å². The molecule has 1 atom stereocenters. The molecule has 0 radical (unpaired) electrons. The van der Waals surface area contributed by atoms with Gasteiger partial charge in [0.15, 0.2) is 0 Å². The number of aliphatic hydroxyl groups excluding tert-OH is 1. The maximum Gasteiger partial charge on any atom is 0.0700 e. The number of aliphatic hydroxyl groups is 1. The number of hydrogen-bond donors (Lipinski definition) is 1. The predicted molar refractivity (Wildman–Crippen MR) is 68.3 cm³/mol. The van der Waals surface area contributed by atoms with Crippen LogP contribution in [0.2, 0.25) is 0 Å². The maximum absolute atomic E-state index is 9.37. The molecule has 0 heterocycles. The topological polar surface area (TPSA) is 38.7 Å². The first-order valence-electron chi connectivity index (χ1n) is 6.02. The van der Waals surface area contributed by atoms with E-state index in [1.807, 2.05) is 0 Å². The molecule has 0 fully saturated rings. The Labute approximate surface area is 103 Å². The zero-order chi connectivity index (χ0) is 12.5. The highest BCUT2D eigenvalue weighted by molar-refractivity contribution is 5.24. The SMILES string of the molecule is COCCOCCC(CO)c1ccc(C)cc1. The lowest BCUT2D eigenvalue weighted by molar-refractivity contribution is 0.0642. The molecule has 0 amide bonds. The van der Waals surface area contributed by atoms with Crippen LogP contribution in [0.15, 0.2) is 24.3 Å². The Kier molecular flexibility index (Phi) is 6.86. The fourth-order valence-corrected chi connectivity index (χ4v) is 1.67. The summed E-state index contributed by atoms with van der Waals surface area (Å²) in [6, 6.07) is 8.30. The van der Waals surface area contributed by atoms with Crippen molar-refractivity contribution in [2.45, 2.75) is 19.3 Å². The molecule has 0 aliphatic heterocycles. The van der Waals surface area contributed by atoms with Crippen LogP contribution in [0.25, 0.3) is 0 Å². The fourth-order valence-electron chi connectivity index (χ4n) is 1.67. The Hall–Kier alpha value is -0.900. The molecule has 0 aliphatic rings. The highest BCUT2D eigenvalue weighted by Gasteiger charge is 2.09. The summed E-state index contributed by atoms with van der Waals surface area (Å²) in [7, 11) is 1.66. The number of hydrogen-bond acceptors (Lipinski definition) is 3. The Bertz CT molecular complexity index is 295. The van der Waals surface area contributed by atoms with Crippen LogP contribution in [0.5, 0.6) is 0 Å². The Balaban J connectivity index is 2.35. The highest BCUT2D eigenvalue weighted by Crippen LogP contribution is 2.19. The van der Waals surface area contributed by atoms with Crippen LogP contribution in [0.1, 0.15) is 23.5 Å². The predicted octanol–water partition coefficient (Wildman–Crippen LogP) is 2.12. The second-order valence-corrected chi connectivity index (χ2v) is 4.18. The summed E-state index contributed by atoms with van der Waals surface area (Å²) in [5.74, 6) is 0.165. The van der Waals surface area contributed by atoms with E-state index in [9.17, 15) is 5.11 Å². The van der Waals surface area contributed by atoms with E-state index in [0.29, 0.717) is 19.8 Å². The van der Waals surface area contributed by atoms with Gasteiger partial charge in [-0.15, -0.1) is 0 Å². The van der Waals surface area contributed by atoms with Gasteiger partial charge in [-0.3, -0.25) is 0 Å². The first-order chi connectivity index (χ1) is 8.27. The molecule has 17 heavy (non-hydrogen) atoms. The van der Waals surface area contributed by atoms with Crippen LogP contribution in [-0.4, -0.2) is 38.6 Å². The van der Waals surface area contributed by atoms with Gasteiger partial charge in [0, 0.05) is 19.6 Å². The molecule has 1 aromatic carbocycles. The van der Waals surface area contributed by atoms with Crippen LogP contribution in [0, 0.1) is 6.92 Å². The lowest BCUT2D eigenvalue weighted by Gasteiger charge is -2.14. The van der Waals surface area contributed by atoms with E-state index in [1.165, 1.54) is 11.1 Å². The molecule has 0 aromatic heterocycles. The minimum atomic E-state index is 0.163. The lowest BCUT2D eigenvalue weighted by Crippen LogP contribution is -2.10. The molecular formula is C14H22O3. The average Bonchev–Trinajstić information content (AvgIpc) is 2.35. The third-order valence-corrected chi connectivity index (χ3v) is 2.81. The van der Waals surface area contributed by atoms with E-state index in [-0.39, 0.29) is 12.5 Å². The molecule has 3 heteroatoms. The van der Waals surface area contributed by atoms with Crippen molar-refractivity contribution < 1.29 is 14.6 Å². The first-order valence-corrected chi connectivity index (χ1v) is 6.02. The van der Waals surface area contributed by atoms with Crippen LogP contribution < -0.4 is 0 Å². The van der Waals surface area contributed by atoms with Crippen LogP contribution in [-0.2, 0) is 9.47 Å². The number of benzene rings is 1. The minimum Gasteiger partial charge on any atom is -0.396 e. The lowest BCUT2D eigenvalue weighted by atomic mass is 9.96. The monoisotopic (exact) mass is 238 g/mol. The highest BCUT2D eigenvalue weighted by atomic mass is 16.5. The molecular weight excluding hydrogens is 216 g/mol. The van der Waals surface area contributed by atoms with E-state index in [2.05, 4.69) is 31.2 Å². The van der Waals surface area contributed by atoms with Gasteiger partial charge in [-0.05, 0) is 18.9 Å². The molecule has 0 saturated heterocycles. The average molecular weight is 238 g/mol. The molecule has 3 nitrogen and oxygen atoms in total. The summed E-state index contributed by atoms with van der Waals surface area (Å²) in [6.07, 6.45) is 0.837. The fraction of sp³-hybridized carbons (Fsp3) is 0.571. The van der Waals surface area contributed by atoms with Gasteiger partial charge in [-0.2, -0.15) is 0 Å². The van der Waals surface area contributed by atoms with Gasteiger partial charge in [0.25, 0.3) is 0 Å². The summed E-state index contributed by atoms with van der Waals surface area (Å²) < 4.78 is 10.3. The molecule has 0 bridgehead atoms. The van der Waals surface area contributed by atoms with E-state index in [1.54, 1.807) is 7.11 Å². The van der Waals surface area contributed by atoms with Crippen molar-refractivity contribution in [3.05, 3.63) is 35.4 Å². The van der Waals surface area contributed by atoms with Crippen molar-refractivity contribution >= 4 is 0 Å². The van der Waals surface area contributed by atoms with Crippen molar-refractivity contribution in [3.8, 4) is 0 Å². The van der Waals surface area contributed by atoms with Crippen LogP contribution in [0.3, 0.4) is 0 Å². The van der Waals surface area contributed by atoms with E-state index in [4.69, 9.17) is 9.47 Å². The van der Waals surface area contributed by atoms with E-state index in [0.717, 1.165) is 6.42 Å². The number of rotatable bonds is 8. The Morgan fingerprint density at radius 3 is 2.41 bits per heavy atom.